The molecule has 14 heteroatoms. The summed E-state index contributed by atoms with van der Waals surface area (Å²) in [5.41, 5.74) is 0. The van der Waals surface area contributed by atoms with E-state index in [1.807, 2.05) is 12.2 Å². The van der Waals surface area contributed by atoms with Crippen LogP contribution >= 0.6 is 7.82 Å². The topological polar surface area (TPSA) is 210 Å². The first-order chi connectivity index (χ1) is 28.4. The summed E-state index contributed by atoms with van der Waals surface area (Å²) >= 11 is 0. The second kappa shape index (κ2) is 35.4. The molecule has 0 aromatic rings. The molecule has 0 amide bonds. The zero-order valence-electron chi connectivity index (χ0n) is 36.0. The molecule has 1 aliphatic carbocycles. The van der Waals surface area contributed by atoms with Crippen LogP contribution < -0.4 is 0 Å². The molecule has 342 valence electrons. The zero-order valence-corrected chi connectivity index (χ0v) is 36.9. The standard InChI is InChI=1S/C45H79O13P/c1-3-5-7-9-11-13-14-15-16-17-18-19-20-21-22-23-24-26-28-30-32-34-39(47)57-37(35-55-38(46)33-31-29-27-25-12-10-8-6-4-2)36-56-59(53,54)58-45-43(51)41(49)40(48)42(50)44(45)52/h16-17,19-20,22-23,26,28,37,40-45,48-52H,3-15,18,21,24-25,27,29-36H2,1-2H3,(H,53,54)/b17-16+,20-19+,23-22+,28-26+/t37-,40?,41+,42?,43?,44?,45?/m1/s1. The van der Waals surface area contributed by atoms with Crippen LogP contribution in [0.4, 0.5) is 0 Å². The molecule has 0 radical (unpaired) electrons. The molecule has 13 nitrogen and oxygen atoms in total. The number of carbonyl (C=O) groups is 2. The highest BCUT2D eigenvalue weighted by Crippen LogP contribution is 2.47. The highest BCUT2D eigenvalue weighted by atomic mass is 31.2. The van der Waals surface area contributed by atoms with Crippen molar-refractivity contribution < 1.29 is 63.1 Å². The summed E-state index contributed by atoms with van der Waals surface area (Å²) < 4.78 is 33.3. The maximum atomic E-state index is 12.8. The fourth-order valence-electron chi connectivity index (χ4n) is 6.51. The Morgan fingerprint density at radius 1 is 0.525 bits per heavy atom. The van der Waals surface area contributed by atoms with Gasteiger partial charge in [0.15, 0.2) is 6.10 Å². The van der Waals surface area contributed by atoms with E-state index in [0.29, 0.717) is 19.3 Å². The van der Waals surface area contributed by atoms with Crippen molar-refractivity contribution in [2.24, 2.45) is 0 Å². The molecule has 0 aromatic carbocycles. The summed E-state index contributed by atoms with van der Waals surface area (Å²) in [5.74, 6) is -1.17. The number of hydrogen-bond acceptors (Lipinski definition) is 12. The van der Waals surface area contributed by atoms with Crippen LogP contribution in [0.5, 0.6) is 0 Å². The third kappa shape index (κ3) is 28.1. The highest BCUT2D eigenvalue weighted by Gasteiger charge is 2.51. The summed E-state index contributed by atoms with van der Waals surface area (Å²) in [4.78, 5) is 35.5. The van der Waals surface area contributed by atoms with Gasteiger partial charge in [0.25, 0.3) is 0 Å². The summed E-state index contributed by atoms with van der Waals surface area (Å²) in [6, 6.07) is 0. The lowest BCUT2D eigenvalue weighted by Gasteiger charge is -2.41. The Hall–Kier alpha value is -2.19. The van der Waals surface area contributed by atoms with Gasteiger partial charge >= 0.3 is 19.8 Å². The third-order valence-corrected chi connectivity index (χ3v) is 11.2. The van der Waals surface area contributed by atoms with Gasteiger partial charge in [-0.1, -0.05) is 152 Å². The maximum Gasteiger partial charge on any atom is 0.472 e. The number of allylic oxidation sites excluding steroid dienone is 8. The molecule has 6 unspecified atom stereocenters. The molecule has 8 atom stereocenters. The molecule has 59 heavy (non-hydrogen) atoms. The van der Waals surface area contributed by atoms with E-state index in [0.717, 1.165) is 44.9 Å². The summed E-state index contributed by atoms with van der Waals surface area (Å²) in [6.07, 6.45) is 27.7. The number of rotatable bonds is 36. The zero-order chi connectivity index (χ0) is 43.6. The van der Waals surface area contributed by atoms with Crippen molar-refractivity contribution in [3.05, 3.63) is 48.6 Å². The first kappa shape index (κ1) is 54.8. The maximum absolute atomic E-state index is 12.8. The van der Waals surface area contributed by atoms with E-state index in [-0.39, 0.29) is 12.8 Å². The van der Waals surface area contributed by atoms with Crippen LogP contribution in [-0.4, -0.2) is 98.3 Å². The number of phosphoric acid groups is 1. The van der Waals surface area contributed by atoms with Crippen LogP contribution in [0.25, 0.3) is 0 Å². The molecule has 1 aliphatic rings. The predicted octanol–water partition coefficient (Wildman–Crippen LogP) is 8.39. The molecule has 0 aliphatic heterocycles. The van der Waals surface area contributed by atoms with Crippen LogP contribution in [0, 0.1) is 0 Å². The number of aliphatic hydroxyl groups excluding tert-OH is 5. The Morgan fingerprint density at radius 3 is 1.44 bits per heavy atom. The van der Waals surface area contributed by atoms with Crippen molar-refractivity contribution in [2.45, 2.75) is 211 Å². The van der Waals surface area contributed by atoms with Gasteiger partial charge < -0.3 is 39.9 Å². The average Bonchev–Trinajstić information content (AvgIpc) is 3.21. The predicted molar refractivity (Wildman–Crippen MR) is 230 cm³/mol. The van der Waals surface area contributed by atoms with Crippen molar-refractivity contribution in [3.63, 3.8) is 0 Å². The minimum Gasteiger partial charge on any atom is -0.462 e. The molecule has 1 rings (SSSR count). The minimum atomic E-state index is -5.13. The molecule has 0 spiro atoms. The first-order valence-electron chi connectivity index (χ1n) is 22.4. The van der Waals surface area contributed by atoms with Crippen LogP contribution in [0.1, 0.15) is 168 Å². The van der Waals surface area contributed by atoms with Gasteiger partial charge in [-0.3, -0.25) is 18.6 Å². The van der Waals surface area contributed by atoms with Crippen LogP contribution in [0.15, 0.2) is 48.6 Å². The van der Waals surface area contributed by atoms with E-state index in [1.165, 1.54) is 77.0 Å². The number of ether oxygens (including phenoxy) is 2. The fourth-order valence-corrected chi connectivity index (χ4v) is 7.49. The molecule has 0 heterocycles. The fraction of sp³-hybridized carbons (Fsp3) is 0.778. The molecule has 6 N–H and O–H groups in total. The minimum absolute atomic E-state index is 0.0210. The highest BCUT2D eigenvalue weighted by molar-refractivity contribution is 7.47. The first-order valence-corrected chi connectivity index (χ1v) is 23.9. The second-order valence-electron chi connectivity index (χ2n) is 15.6. The van der Waals surface area contributed by atoms with Gasteiger partial charge in [-0.25, -0.2) is 4.57 Å². The monoisotopic (exact) mass is 859 g/mol. The van der Waals surface area contributed by atoms with Gasteiger partial charge in [0.2, 0.25) is 0 Å². The molecular formula is C45H79O13P. The normalized spacial score (nSPS) is 22.8. The summed E-state index contributed by atoms with van der Waals surface area (Å²) in [5, 5.41) is 50.0. The number of unbranched alkanes of at least 4 members (excludes halogenated alkanes) is 16. The number of hydrogen-bond donors (Lipinski definition) is 6. The summed E-state index contributed by atoms with van der Waals surface area (Å²) in [6.45, 7) is 3.21. The van der Waals surface area contributed by atoms with E-state index >= 15 is 0 Å². The van der Waals surface area contributed by atoms with Crippen molar-refractivity contribution in [1.82, 2.24) is 0 Å². The van der Waals surface area contributed by atoms with Gasteiger partial charge in [-0.15, -0.1) is 0 Å². The van der Waals surface area contributed by atoms with E-state index < -0.39 is 75.7 Å². The molecular weight excluding hydrogens is 779 g/mol. The van der Waals surface area contributed by atoms with E-state index in [1.54, 1.807) is 0 Å². The Labute approximate surface area is 354 Å². The van der Waals surface area contributed by atoms with E-state index in [4.69, 9.17) is 18.5 Å². The average molecular weight is 859 g/mol. The largest absolute Gasteiger partial charge is 0.472 e. The van der Waals surface area contributed by atoms with Crippen LogP contribution in [0.3, 0.4) is 0 Å². The Kier molecular flexibility index (Phi) is 32.9. The van der Waals surface area contributed by atoms with Gasteiger partial charge in [-0.2, -0.15) is 0 Å². The van der Waals surface area contributed by atoms with E-state index in [2.05, 4.69) is 50.3 Å². The van der Waals surface area contributed by atoms with Crippen LogP contribution in [-0.2, 0) is 32.7 Å². The molecule has 1 fully saturated rings. The van der Waals surface area contributed by atoms with Crippen molar-refractivity contribution in [2.75, 3.05) is 13.2 Å². The van der Waals surface area contributed by atoms with Gasteiger partial charge in [-0.05, 0) is 51.4 Å². The van der Waals surface area contributed by atoms with Crippen molar-refractivity contribution in [3.8, 4) is 0 Å². The smallest absolute Gasteiger partial charge is 0.462 e. The molecule has 1 saturated carbocycles. The van der Waals surface area contributed by atoms with E-state index in [9.17, 15) is 44.6 Å². The Balaban J connectivity index is 2.49. The number of aliphatic hydroxyl groups is 5. The molecule has 0 aromatic heterocycles. The Morgan fingerprint density at radius 2 is 0.932 bits per heavy atom. The van der Waals surface area contributed by atoms with Gasteiger partial charge in [0.05, 0.1) is 6.61 Å². The number of phosphoric ester groups is 1. The lowest BCUT2D eigenvalue weighted by molar-refractivity contribution is -0.220. The Bertz CT molecular complexity index is 1220. The lowest BCUT2D eigenvalue weighted by atomic mass is 9.85. The lowest BCUT2D eigenvalue weighted by Crippen LogP contribution is -2.64. The quantitative estimate of drug-likeness (QED) is 0.0152. The summed E-state index contributed by atoms with van der Waals surface area (Å²) in [7, 11) is -5.13. The molecule has 0 saturated heterocycles. The molecule has 0 bridgehead atoms. The number of esters is 2. The van der Waals surface area contributed by atoms with Crippen molar-refractivity contribution in [1.29, 1.82) is 0 Å². The van der Waals surface area contributed by atoms with Gasteiger partial charge in [0, 0.05) is 12.8 Å². The third-order valence-electron chi connectivity index (χ3n) is 10.2. The van der Waals surface area contributed by atoms with Gasteiger partial charge in [0.1, 0.15) is 43.2 Å². The number of carbonyl (C=O) groups excluding carboxylic acids is 2. The second-order valence-corrected chi connectivity index (χ2v) is 17.0. The van der Waals surface area contributed by atoms with Crippen LogP contribution in [0.2, 0.25) is 0 Å². The van der Waals surface area contributed by atoms with Crippen molar-refractivity contribution >= 4 is 19.8 Å². The SMILES string of the molecule is CCCCCCCCC/C=C/C/C=C/C/C=C/C/C=C/CCCC(=O)O[C@H](COC(=O)CCCCCCCCCCC)COP(=O)(O)OC1C(O)C(O)C(O)[C@H](O)C1O.